The van der Waals surface area contributed by atoms with E-state index in [9.17, 15) is 22.4 Å². The van der Waals surface area contributed by atoms with E-state index in [2.05, 4.69) is 5.10 Å². The number of nitrogens with zero attached hydrogens (tertiary/aromatic N) is 2. The molecule has 9 heteroatoms. The molecule has 4 rings (SSSR count). The van der Waals surface area contributed by atoms with Gasteiger partial charge in [-0.3, -0.25) is 4.79 Å². The number of fused-ring (bicyclic) bond motifs is 1. The van der Waals surface area contributed by atoms with Gasteiger partial charge < -0.3 is 9.47 Å². The van der Waals surface area contributed by atoms with Crippen LogP contribution in [0.1, 0.15) is 23.1 Å². The second-order valence-corrected chi connectivity index (χ2v) is 7.14. The predicted octanol–water partition coefficient (Wildman–Crippen LogP) is 4.56. The van der Waals surface area contributed by atoms with Gasteiger partial charge in [0.2, 0.25) is 0 Å². The van der Waals surface area contributed by atoms with Gasteiger partial charge in [-0.1, -0.05) is 0 Å². The minimum atomic E-state index is -4.79. The highest BCUT2D eigenvalue weighted by Gasteiger charge is 2.35. The summed E-state index contributed by atoms with van der Waals surface area (Å²) in [5.74, 6) is 0.0200. The van der Waals surface area contributed by atoms with Crippen molar-refractivity contribution in [3.8, 4) is 28.4 Å². The van der Waals surface area contributed by atoms with Crippen molar-refractivity contribution in [2.45, 2.75) is 25.4 Å². The highest BCUT2D eigenvalue weighted by Crippen LogP contribution is 2.36. The van der Waals surface area contributed by atoms with Crippen LogP contribution in [0.4, 0.5) is 17.6 Å². The Morgan fingerprint density at radius 2 is 1.61 bits per heavy atom. The highest BCUT2D eigenvalue weighted by molar-refractivity contribution is 5.68. The Morgan fingerprint density at radius 1 is 0.968 bits per heavy atom. The van der Waals surface area contributed by atoms with Crippen molar-refractivity contribution in [3.63, 3.8) is 0 Å². The molecule has 0 atom stereocenters. The average Bonchev–Trinajstić information content (AvgIpc) is 3.23. The summed E-state index contributed by atoms with van der Waals surface area (Å²) in [6.45, 7) is 0. The maximum Gasteiger partial charge on any atom is 0.418 e. The van der Waals surface area contributed by atoms with Gasteiger partial charge in [0.05, 0.1) is 31.2 Å². The number of halogens is 4. The molecule has 1 heterocycles. The topological polar surface area (TPSA) is 53.4 Å². The minimum absolute atomic E-state index is 0.335. The van der Waals surface area contributed by atoms with Crippen LogP contribution in [0.2, 0.25) is 0 Å². The molecule has 0 fully saturated rings. The number of hydrogen-bond acceptors (Lipinski definition) is 4. The molecular formula is C22H18F4N2O3. The Labute approximate surface area is 174 Å². The van der Waals surface area contributed by atoms with Gasteiger partial charge in [0.25, 0.3) is 5.56 Å². The number of benzene rings is 2. The van der Waals surface area contributed by atoms with E-state index in [4.69, 9.17) is 9.47 Å². The van der Waals surface area contributed by atoms with E-state index in [1.54, 1.807) is 18.2 Å². The summed E-state index contributed by atoms with van der Waals surface area (Å²) >= 11 is 0. The number of hydrogen-bond donors (Lipinski definition) is 0. The molecule has 162 valence electrons. The van der Waals surface area contributed by atoms with Gasteiger partial charge in [-0.2, -0.15) is 23.0 Å². The van der Waals surface area contributed by atoms with Crippen molar-refractivity contribution in [2.24, 2.45) is 0 Å². The van der Waals surface area contributed by atoms with E-state index < -0.39 is 28.8 Å². The van der Waals surface area contributed by atoms with E-state index in [1.807, 2.05) is 0 Å². The molecule has 31 heavy (non-hydrogen) atoms. The van der Waals surface area contributed by atoms with Crippen LogP contribution in [0.15, 0.2) is 41.2 Å². The Bertz CT molecular complexity index is 1200. The summed E-state index contributed by atoms with van der Waals surface area (Å²) < 4.78 is 65.9. The van der Waals surface area contributed by atoms with E-state index in [0.717, 1.165) is 0 Å². The second kappa shape index (κ2) is 7.72. The molecule has 0 radical (unpaired) electrons. The van der Waals surface area contributed by atoms with Gasteiger partial charge in [0.1, 0.15) is 17.3 Å². The lowest BCUT2D eigenvalue weighted by Gasteiger charge is -2.17. The van der Waals surface area contributed by atoms with Gasteiger partial charge >= 0.3 is 6.18 Å². The maximum absolute atomic E-state index is 13.9. The molecule has 2 aromatic carbocycles. The van der Waals surface area contributed by atoms with Gasteiger partial charge in [-0.25, -0.2) is 4.39 Å². The summed E-state index contributed by atoms with van der Waals surface area (Å²) in [4.78, 5) is 13.0. The third-order valence-corrected chi connectivity index (χ3v) is 5.27. The average molecular weight is 434 g/mol. The molecule has 0 bridgehead atoms. The standard InChI is InChI=1S/C22H18F4N2O3/c1-30-14-8-12(9-15(11-14)31-2)20-16-4-3-5-17(16)21(29)28(27-20)19-10-13(23)6-7-18(19)22(24,25)26/h6-11H,3-5H2,1-2H3. The number of rotatable bonds is 4. The zero-order chi connectivity index (χ0) is 22.3. The fourth-order valence-electron chi connectivity index (χ4n) is 3.83. The van der Waals surface area contributed by atoms with Crippen LogP contribution in [0.25, 0.3) is 16.9 Å². The van der Waals surface area contributed by atoms with Crippen molar-refractivity contribution in [2.75, 3.05) is 14.2 Å². The SMILES string of the molecule is COc1cc(OC)cc(-c2nn(-c3cc(F)ccc3C(F)(F)F)c(=O)c3c2CCC3)c1. The van der Waals surface area contributed by atoms with Gasteiger partial charge in [0.15, 0.2) is 0 Å². The van der Waals surface area contributed by atoms with E-state index in [-0.39, 0.29) is 0 Å². The van der Waals surface area contributed by atoms with Crippen LogP contribution in [-0.2, 0) is 19.0 Å². The number of alkyl halides is 3. The molecule has 0 saturated carbocycles. The molecule has 0 unspecified atom stereocenters. The van der Waals surface area contributed by atoms with Crippen LogP contribution < -0.4 is 15.0 Å². The fourth-order valence-corrected chi connectivity index (χ4v) is 3.83. The number of methoxy groups -OCH3 is 2. The second-order valence-electron chi connectivity index (χ2n) is 7.14. The summed E-state index contributed by atoms with van der Waals surface area (Å²) in [6.07, 6.45) is -3.16. The quantitative estimate of drug-likeness (QED) is 0.565. The third kappa shape index (κ3) is 3.75. The first-order chi connectivity index (χ1) is 14.7. The fraction of sp³-hybridized carbons (Fsp3) is 0.273. The lowest BCUT2D eigenvalue weighted by Crippen LogP contribution is -2.28. The summed E-state index contributed by atoms with van der Waals surface area (Å²) in [6, 6.07) is 6.96. The predicted molar refractivity (Wildman–Crippen MR) is 105 cm³/mol. The lowest BCUT2D eigenvalue weighted by atomic mass is 10.0. The van der Waals surface area contributed by atoms with E-state index in [1.165, 1.54) is 14.2 Å². The van der Waals surface area contributed by atoms with Crippen molar-refractivity contribution < 1.29 is 27.0 Å². The molecule has 1 aliphatic rings. The summed E-state index contributed by atoms with van der Waals surface area (Å²) in [5.41, 5.74) is -0.568. The van der Waals surface area contributed by atoms with E-state index >= 15 is 0 Å². The number of aromatic nitrogens is 2. The van der Waals surface area contributed by atoms with E-state index in [0.29, 0.717) is 76.0 Å². The first-order valence-corrected chi connectivity index (χ1v) is 9.48. The molecule has 3 aromatic rings. The molecule has 1 aromatic heterocycles. The Balaban J connectivity index is 2.03. The minimum Gasteiger partial charge on any atom is -0.497 e. The third-order valence-electron chi connectivity index (χ3n) is 5.27. The van der Waals surface area contributed by atoms with Crippen LogP contribution >= 0.6 is 0 Å². The Morgan fingerprint density at radius 3 is 2.23 bits per heavy atom. The summed E-state index contributed by atoms with van der Waals surface area (Å²) in [5, 5.41) is 4.28. The Kier molecular flexibility index (Phi) is 5.20. The molecule has 0 aliphatic heterocycles. The lowest BCUT2D eigenvalue weighted by molar-refractivity contribution is -0.137. The molecule has 1 aliphatic carbocycles. The molecule has 0 amide bonds. The molecule has 0 N–H and O–H groups in total. The van der Waals surface area contributed by atoms with Crippen LogP contribution in [0.3, 0.4) is 0 Å². The van der Waals surface area contributed by atoms with Crippen LogP contribution in [0.5, 0.6) is 11.5 Å². The van der Waals surface area contributed by atoms with Crippen LogP contribution in [-0.4, -0.2) is 24.0 Å². The highest BCUT2D eigenvalue weighted by atomic mass is 19.4. The smallest absolute Gasteiger partial charge is 0.418 e. The van der Waals surface area contributed by atoms with Crippen LogP contribution in [0, 0.1) is 5.82 Å². The summed E-state index contributed by atoms with van der Waals surface area (Å²) in [7, 11) is 2.94. The van der Waals surface area contributed by atoms with Gasteiger partial charge in [-0.15, -0.1) is 0 Å². The van der Waals surface area contributed by atoms with Crippen molar-refractivity contribution in [1.29, 1.82) is 0 Å². The maximum atomic E-state index is 13.9. The molecule has 0 saturated heterocycles. The largest absolute Gasteiger partial charge is 0.497 e. The Hall–Kier alpha value is -3.36. The zero-order valence-electron chi connectivity index (χ0n) is 16.7. The number of ether oxygens (including phenoxy) is 2. The van der Waals surface area contributed by atoms with Gasteiger partial charge in [0, 0.05) is 23.3 Å². The normalized spacial score (nSPS) is 13.2. The first-order valence-electron chi connectivity index (χ1n) is 9.48. The molecule has 5 nitrogen and oxygen atoms in total. The van der Waals surface area contributed by atoms with Gasteiger partial charge in [-0.05, 0) is 49.1 Å². The van der Waals surface area contributed by atoms with Crippen molar-refractivity contribution in [1.82, 2.24) is 9.78 Å². The van der Waals surface area contributed by atoms with Crippen molar-refractivity contribution in [3.05, 3.63) is 69.3 Å². The monoisotopic (exact) mass is 434 g/mol. The zero-order valence-corrected chi connectivity index (χ0v) is 16.7. The molecular weight excluding hydrogens is 416 g/mol. The molecule has 0 spiro atoms. The first kappa shape index (κ1) is 20.9. The van der Waals surface area contributed by atoms with Crippen molar-refractivity contribution >= 4 is 0 Å².